The Morgan fingerprint density at radius 1 is 1.32 bits per heavy atom. The maximum Gasteiger partial charge on any atom is 0.454 e. The van der Waals surface area contributed by atoms with E-state index in [0.717, 1.165) is 0 Å². The van der Waals surface area contributed by atoms with Crippen LogP contribution in [0.25, 0.3) is 0 Å². The highest BCUT2D eigenvalue weighted by molar-refractivity contribution is 5.95. The maximum atomic E-state index is 12.2. The summed E-state index contributed by atoms with van der Waals surface area (Å²) in [4.78, 5) is 12.4. The summed E-state index contributed by atoms with van der Waals surface area (Å²) >= 11 is 0. The van der Waals surface area contributed by atoms with Crippen LogP contribution in [0.4, 0.5) is 18.9 Å². The summed E-state index contributed by atoms with van der Waals surface area (Å²) in [5, 5.41) is 0. The molecule has 0 heterocycles. The number of nitrogens with zero attached hydrogens (tertiary/aromatic N) is 1. The summed E-state index contributed by atoms with van der Waals surface area (Å²) < 4.78 is 41.8. The van der Waals surface area contributed by atoms with E-state index < -0.39 is 12.0 Å². The average molecular weight is 273 g/mol. The zero-order valence-corrected chi connectivity index (χ0v) is 10.6. The summed E-state index contributed by atoms with van der Waals surface area (Å²) in [6.07, 6.45) is -4.45. The number of allylic oxidation sites excluding steroid dienone is 1. The number of anilines is 1. The molecule has 1 aromatic carbocycles. The van der Waals surface area contributed by atoms with Gasteiger partial charge in [-0.05, 0) is 19.1 Å². The molecule has 0 bridgehead atoms. The van der Waals surface area contributed by atoms with Gasteiger partial charge in [-0.1, -0.05) is 18.2 Å². The number of rotatable bonds is 5. The second-order valence-corrected chi connectivity index (χ2v) is 3.67. The molecule has 0 aromatic heterocycles. The highest BCUT2D eigenvalue weighted by Crippen LogP contribution is 2.21. The largest absolute Gasteiger partial charge is 0.479 e. The fourth-order valence-electron chi connectivity index (χ4n) is 1.36. The highest BCUT2D eigenvalue weighted by atomic mass is 19.4. The molecule has 0 saturated carbocycles. The molecule has 0 saturated heterocycles. The van der Waals surface area contributed by atoms with Crippen molar-refractivity contribution in [3.63, 3.8) is 0 Å². The average Bonchev–Trinajstić information content (AvgIpc) is 2.37. The normalized spacial score (nSPS) is 12.2. The van der Waals surface area contributed by atoms with Crippen molar-refractivity contribution < 1.29 is 22.7 Å². The van der Waals surface area contributed by atoms with E-state index in [9.17, 15) is 18.0 Å². The van der Waals surface area contributed by atoms with Gasteiger partial charge in [0.25, 0.3) is 5.78 Å². The van der Waals surface area contributed by atoms with Crippen molar-refractivity contribution in [3.8, 4) is 0 Å². The third kappa shape index (κ3) is 4.31. The smallest absolute Gasteiger partial charge is 0.454 e. The van der Waals surface area contributed by atoms with Crippen molar-refractivity contribution in [1.82, 2.24) is 0 Å². The molecule has 0 fully saturated rings. The molecule has 0 N–H and O–H groups in total. The van der Waals surface area contributed by atoms with Gasteiger partial charge in [-0.2, -0.15) is 13.2 Å². The van der Waals surface area contributed by atoms with Crippen LogP contribution < -0.4 is 4.90 Å². The first kappa shape index (κ1) is 15.1. The Labute approximate surface area is 109 Å². The summed E-state index contributed by atoms with van der Waals surface area (Å²) in [6.45, 7) is 1.79. The number of halogens is 3. The van der Waals surface area contributed by atoms with Gasteiger partial charge in [0.15, 0.2) is 5.88 Å². The summed E-state index contributed by atoms with van der Waals surface area (Å²) in [5.74, 6) is -2.09. The van der Waals surface area contributed by atoms with Crippen molar-refractivity contribution in [3.05, 3.63) is 42.3 Å². The van der Waals surface area contributed by atoms with Crippen molar-refractivity contribution >= 4 is 11.5 Å². The molecule has 19 heavy (non-hydrogen) atoms. The predicted octanol–water partition coefficient (Wildman–Crippen LogP) is 3.13. The number of hydrogen-bond acceptors (Lipinski definition) is 3. The van der Waals surface area contributed by atoms with Gasteiger partial charge in [0.2, 0.25) is 0 Å². The lowest BCUT2D eigenvalue weighted by atomic mass is 10.3. The van der Waals surface area contributed by atoms with E-state index >= 15 is 0 Å². The first-order chi connectivity index (χ1) is 8.86. The fourth-order valence-corrected chi connectivity index (χ4v) is 1.36. The van der Waals surface area contributed by atoms with Crippen molar-refractivity contribution in [2.45, 2.75) is 13.1 Å². The topological polar surface area (TPSA) is 29.5 Å². The predicted molar refractivity (Wildman–Crippen MR) is 65.6 cm³/mol. The summed E-state index contributed by atoms with van der Waals surface area (Å²) in [5.41, 5.74) is 0.622. The molecule has 3 nitrogen and oxygen atoms in total. The molecule has 6 heteroatoms. The van der Waals surface area contributed by atoms with Gasteiger partial charge < -0.3 is 9.64 Å². The number of hydrogen-bond donors (Lipinski definition) is 0. The molecule has 0 aliphatic rings. The zero-order valence-electron chi connectivity index (χ0n) is 10.6. The molecule has 0 spiro atoms. The van der Waals surface area contributed by atoms with Crippen LogP contribution in [-0.4, -0.2) is 25.6 Å². The van der Waals surface area contributed by atoms with Crippen LogP contribution in [0.1, 0.15) is 6.92 Å². The Balaban J connectivity index is 3.01. The number of ether oxygens (including phenoxy) is 1. The number of carbonyl (C=O) groups excluding carboxylic acids is 1. The van der Waals surface area contributed by atoms with Gasteiger partial charge in [0.1, 0.15) is 0 Å². The number of benzene rings is 1. The minimum absolute atomic E-state index is 0.143. The molecule has 0 amide bonds. The lowest BCUT2D eigenvalue weighted by Crippen LogP contribution is -2.25. The summed E-state index contributed by atoms with van der Waals surface area (Å²) in [6, 6.07) is 8.65. The van der Waals surface area contributed by atoms with Crippen LogP contribution in [0, 0.1) is 0 Å². The van der Waals surface area contributed by atoms with Crippen molar-refractivity contribution in [2.24, 2.45) is 0 Å². The molecule has 0 atom stereocenters. The second kappa shape index (κ2) is 6.26. The first-order valence-electron chi connectivity index (χ1n) is 5.60. The van der Waals surface area contributed by atoms with E-state index in [1.54, 1.807) is 37.3 Å². The molecule has 0 radical (unpaired) electrons. The van der Waals surface area contributed by atoms with Crippen LogP contribution in [0.15, 0.2) is 42.3 Å². The van der Waals surface area contributed by atoms with Gasteiger partial charge in [-0.3, -0.25) is 4.79 Å². The van der Waals surface area contributed by atoms with Crippen LogP contribution in [-0.2, 0) is 9.53 Å². The number of para-hydroxylation sites is 1. The zero-order chi connectivity index (χ0) is 14.5. The van der Waals surface area contributed by atoms with Crippen LogP contribution in [0.3, 0.4) is 0 Å². The molecular formula is C13H14F3NO2. The monoisotopic (exact) mass is 273 g/mol. The van der Waals surface area contributed by atoms with E-state index in [-0.39, 0.29) is 12.5 Å². The van der Waals surface area contributed by atoms with Crippen LogP contribution in [0.2, 0.25) is 0 Å². The number of ketones is 1. The number of carbonyl (C=O) groups is 1. The van der Waals surface area contributed by atoms with E-state index in [1.165, 1.54) is 11.9 Å². The molecule has 104 valence electrons. The lowest BCUT2D eigenvalue weighted by molar-refractivity contribution is -0.165. The molecular weight excluding hydrogens is 259 g/mol. The quantitative estimate of drug-likeness (QED) is 0.609. The van der Waals surface area contributed by atoms with Crippen molar-refractivity contribution in [1.29, 1.82) is 0 Å². The Bertz CT molecular complexity index is 455. The third-order valence-corrected chi connectivity index (χ3v) is 2.30. The molecule has 0 aliphatic carbocycles. The SMILES string of the molecule is CCO/C(=C/C(=O)C(F)(F)F)N(C)c1ccccc1. The van der Waals surface area contributed by atoms with E-state index in [0.29, 0.717) is 11.8 Å². The Hall–Kier alpha value is -1.98. The van der Waals surface area contributed by atoms with Crippen molar-refractivity contribution in [2.75, 3.05) is 18.6 Å². The minimum Gasteiger partial charge on any atom is -0.479 e. The summed E-state index contributed by atoms with van der Waals surface area (Å²) in [7, 11) is 1.53. The third-order valence-electron chi connectivity index (χ3n) is 2.30. The van der Waals surface area contributed by atoms with Gasteiger partial charge in [0.05, 0.1) is 12.7 Å². The lowest BCUT2D eigenvalue weighted by Gasteiger charge is -2.22. The van der Waals surface area contributed by atoms with Gasteiger partial charge in [-0.15, -0.1) is 0 Å². The fraction of sp³-hybridized carbons (Fsp3) is 0.308. The number of alkyl halides is 3. The first-order valence-corrected chi connectivity index (χ1v) is 5.60. The molecule has 1 rings (SSSR count). The molecule has 1 aromatic rings. The van der Waals surface area contributed by atoms with E-state index in [2.05, 4.69) is 0 Å². The standard InChI is InChI=1S/C13H14F3NO2/c1-3-19-12(9-11(18)13(14,15)16)17(2)10-7-5-4-6-8-10/h4-9H,3H2,1-2H3/b12-9+. The molecule has 0 aliphatic heterocycles. The van der Waals surface area contributed by atoms with E-state index in [4.69, 9.17) is 4.74 Å². The Kier molecular flexibility index (Phi) is 4.97. The second-order valence-electron chi connectivity index (χ2n) is 3.67. The Morgan fingerprint density at radius 3 is 2.37 bits per heavy atom. The van der Waals surface area contributed by atoms with Gasteiger partial charge in [-0.25, -0.2) is 0 Å². The van der Waals surface area contributed by atoms with Gasteiger partial charge in [0, 0.05) is 12.7 Å². The van der Waals surface area contributed by atoms with Gasteiger partial charge >= 0.3 is 6.18 Å². The maximum absolute atomic E-state index is 12.2. The van der Waals surface area contributed by atoms with Crippen LogP contribution in [0.5, 0.6) is 0 Å². The molecule has 0 unspecified atom stereocenters. The Morgan fingerprint density at radius 2 is 1.89 bits per heavy atom. The minimum atomic E-state index is -4.90. The van der Waals surface area contributed by atoms with Crippen LogP contribution >= 0.6 is 0 Å². The van der Waals surface area contributed by atoms with E-state index in [1.807, 2.05) is 0 Å². The highest BCUT2D eigenvalue weighted by Gasteiger charge is 2.37.